The number of anilines is 1. The molecular weight excluding hydrogens is 396 g/mol. The SMILES string of the molecule is Cc1ccc(OCC(=O)N(CCn2nc(C)cc2C)c2nc3ccccc3s2)cc1. The summed E-state index contributed by atoms with van der Waals surface area (Å²) in [6.45, 7) is 7.02. The van der Waals surface area contributed by atoms with Gasteiger partial charge in [0.1, 0.15) is 5.75 Å². The molecule has 0 aliphatic carbocycles. The Hall–Kier alpha value is -3.19. The molecule has 30 heavy (non-hydrogen) atoms. The van der Waals surface area contributed by atoms with Crippen LogP contribution in [-0.4, -0.2) is 33.8 Å². The number of ether oxygens (including phenoxy) is 1. The van der Waals surface area contributed by atoms with E-state index in [2.05, 4.69) is 10.1 Å². The van der Waals surface area contributed by atoms with E-state index in [1.807, 2.05) is 80.1 Å². The number of carbonyl (C=O) groups excluding carboxylic acids is 1. The van der Waals surface area contributed by atoms with Crippen LogP contribution in [0.3, 0.4) is 0 Å². The minimum Gasteiger partial charge on any atom is -0.484 e. The molecule has 0 spiro atoms. The predicted octanol–water partition coefficient (Wildman–Crippen LogP) is 4.53. The summed E-state index contributed by atoms with van der Waals surface area (Å²) in [6.07, 6.45) is 0. The Morgan fingerprint density at radius 3 is 2.57 bits per heavy atom. The lowest BCUT2D eigenvalue weighted by Gasteiger charge is -2.20. The Morgan fingerprint density at radius 2 is 1.87 bits per heavy atom. The van der Waals surface area contributed by atoms with Crippen LogP contribution >= 0.6 is 11.3 Å². The topological polar surface area (TPSA) is 60.2 Å². The smallest absolute Gasteiger partial charge is 0.266 e. The molecule has 6 nitrogen and oxygen atoms in total. The monoisotopic (exact) mass is 420 g/mol. The zero-order valence-corrected chi connectivity index (χ0v) is 18.1. The molecule has 1 amide bonds. The van der Waals surface area contributed by atoms with E-state index in [1.165, 1.54) is 11.3 Å². The summed E-state index contributed by atoms with van der Waals surface area (Å²) < 4.78 is 8.71. The number of rotatable bonds is 7. The van der Waals surface area contributed by atoms with Gasteiger partial charge in [0, 0.05) is 12.2 Å². The number of hydrogen-bond acceptors (Lipinski definition) is 5. The van der Waals surface area contributed by atoms with Crippen molar-refractivity contribution in [3.05, 3.63) is 71.5 Å². The van der Waals surface area contributed by atoms with Gasteiger partial charge in [-0.05, 0) is 51.1 Å². The summed E-state index contributed by atoms with van der Waals surface area (Å²) in [5, 5.41) is 5.19. The maximum absolute atomic E-state index is 13.1. The van der Waals surface area contributed by atoms with Crippen LogP contribution in [0.15, 0.2) is 54.6 Å². The van der Waals surface area contributed by atoms with E-state index >= 15 is 0 Å². The highest BCUT2D eigenvalue weighted by atomic mass is 32.1. The normalized spacial score (nSPS) is 11.0. The molecule has 0 aliphatic heterocycles. The molecule has 0 saturated heterocycles. The average Bonchev–Trinajstić information content (AvgIpc) is 3.30. The molecule has 0 bridgehead atoms. The van der Waals surface area contributed by atoms with Gasteiger partial charge in [-0.25, -0.2) is 4.98 Å². The highest BCUT2D eigenvalue weighted by Gasteiger charge is 2.21. The molecule has 2 aromatic carbocycles. The Kier molecular flexibility index (Phi) is 5.81. The molecule has 0 aliphatic rings. The number of hydrogen-bond donors (Lipinski definition) is 0. The molecule has 0 fully saturated rings. The van der Waals surface area contributed by atoms with Crippen molar-refractivity contribution < 1.29 is 9.53 Å². The summed E-state index contributed by atoms with van der Waals surface area (Å²) in [5.74, 6) is 0.549. The summed E-state index contributed by atoms with van der Waals surface area (Å²) in [5.41, 5.74) is 4.07. The molecule has 0 atom stereocenters. The van der Waals surface area contributed by atoms with Crippen molar-refractivity contribution in [2.45, 2.75) is 27.3 Å². The number of amides is 1. The highest BCUT2D eigenvalue weighted by Crippen LogP contribution is 2.29. The average molecular weight is 421 g/mol. The van der Waals surface area contributed by atoms with Crippen LogP contribution < -0.4 is 9.64 Å². The molecule has 4 aromatic rings. The Morgan fingerprint density at radius 1 is 1.10 bits per heavy atom. The van der Waals surface area contributed by atoms with E-state index < -0.39 is 0 Å². The van der Waals surface area contributed by atoms with Gasteiger partial charge in [0.2, 0.25) is 0 Å². The van der Waals surface area contributed by atoms with Crippen LogP contribution in [-0.2, 0) is 11.3 Å². The molecule has 7 heteroatoms. The van der Waals surface area contributed by atoms with Crippen LogP contribution in [0.1, 0.15) is 17.0 Å². The molecule has 154 valence electrons. The fourth-order valence-electron chi connectivity index (χ4n) is 3.26. The zero-order valence-electron chi connectivity index (χ0n) is 17.3. The van der Waals surface area contributed by atoms with Gasteiger partial charge in [-0.1, -0.05) is 41.2 Å². The summed E-state index contributed by atoms with van der Waals surface area (Å²) in [6, 6.07) is 17.6. The van der Waals surface area contributed by atoms with Crippen molar-refractivity contribution in [1.29, 1.82) is 0 Å². The van der Waals surface area contributed by atoms with Crippen LogP contribution in [0.25, 0.3) is 10.2 Å². The van der Waals surface area contributed by atoms with Gasteiger partial charge in [0.25, 0.3) is 5.91 Å². The van der Waals surface area contributed by atoms with E-state index in [4.69, 9.17) is 4.74 Å². The second kappa shape index (κ2) is 8.67. The fourth-order valence-corrected chi connectivity index (χ4v) is 4.26. The van der Waals surface area contributed by atoms with Gasteiger partial charge in [0.05, 0.1) is 22.5 Å². The zero-order chi connectivity index (χ0) is 21.1. The number of aromatic nitrogens is 3. The number of fused-ring (bicyclic) bond motifs is 1. The molecule has 2 aromatic heterocycles. The molecule has 4 rings (SSSR count). The van der Waals surface area contributed by atoms with Crippen molar-refractivity contribution >= 4 is 32.6 Å². The minimum absolute atomic E-state index is 0.0455. The van der Waals surface area contributed by atoms with E-state index in [-0.39, 0.29) is 12.5 Å². The van der Waals surface area contributed by atoms with Crippen molar-refractivity contribution in [1.82, 2.24) is 14.8 Å². The number of nitrogens with zero attached hydrogens (tertiary/aromatic N) is 4. The molecule has 0 unspecified atom stereocenters. The van der Waals surface area contributed by atoms with E-state index in [1.54, 1.807) is 4.90 Å². The molecule has 0 N–H and O–H groups in total. The van der Waals surface area contributed by atoms with Gasteiger partial charge in [-0.2, -0.15) is 5.10 Å². The first-order valence-electron chi connectivity index (χ1n) is 9.86. The third-order valence-corrected chi connectivity index (χ3v) is 5.90. The quantitative estimate of drug-likeness (QED) is 0.441. The summed E-state index contributed by atoms with van der Waals surface area (Å²) in [4.78, 5) is 19.5. The Labute approximate surface area is 179 Å². The lowest BCUT2D eigenvalue weighted by Crippen LogP contribution is -2.37. The predicted molar refractivity (Wildman–Crippen MR) is 120 cm³/mol. The fraction of sp³-hybridized carbons (Fsp3) is 0.261. The number of para-hydroxylation sites is 1. The van der Waals surface area contributed by atoms with E-state index in [0.717, 1.165) is 27.2 Å². The lowest BCUT2D eigenvalue weighted by atomic mass is 10.2. The van der Waals surface area contributed by atoms with Crippen molar-refractivity contribution in [3.8, 4) is 5.75 Å². The highest BCUT2D eigenvalue weighted by molar-refractivity contribution is 7.22. The van der Waals surface area contributed by atoms with Crippen LogP contribution in [0.4, 0.5) is 5.13 Å². The maximum Gasteiger partial charge on any atom is 0.266 e. The third-order valence-electron chi connectivity index (χ3n) is 4.84. The number of aryl methyl sites for hydroxylation is 3. The van der Waals surface area contributed by atoms with Crippen LogP contribution in [0, 0.1) is 20.8 Å². The van der Waals surface area contributed by atoms with Gasteiger partial charge in [0.15, 0.2) is 11.7 Å². The van der Waals surface area contributed by atoms with Gasteiger partial charge in [-0.3, -0.25) is 14.4 Å². The summed E-state index contributed by atoms with van der Waals surface area (Å²) >= 11 is 1.51. The van der Waals surface area contributed by atoms with Crippen molar-refractivity contribution in [3.63, 3.8) is 0 Å². The molecule has 0 radical (unpaired) electrons. The second-order valence-corrected chi connectivity index (χ2v) is 8.27. The first-order chi connectivity index (χ1) is 14.5. The van der Waals surface area contributed by atoms with Crippen molar-refractivity contribution in [2.75, 3.05) is 18.1 Å². The molecule has 0 saturated carbocycles. The summed E-state index contributed by atoms with van der Waals surface area (Å²) in [7, 11) is 0. The van der Waals surface area contributed by atoms with Gasteiger partial charge in [-0.15, -0.1) is 0 Å². The largest absolute Gasteiger partial charge is 0.484 e. The third kappa shape index (κ3) is 4.52. The first kappa shape index (κ1) is 20.1. The van der Waals surface area contributed by atoms with Crippen LogP contribution in [0.2, 0.25) is 0 Å². The maximum atomic E-state index is 13.1. The standard InChI is InChI=1S/C23H24N4O2S/c1-16-8-10-19(11-9-16)29-15-22(28)26(12-13-27-18(3)14-17(2)25-27)23-24-20-6-4-5-7-21(20)30-23/h4-11,14H,12-13,15H2,1-3H3. The number of carbonyl (C=O) groups is 1. The number of benzene rings is 2. The van der Waals surface area contributed by atoms with Gasteiger partial charge < -0.3 is 4.74 Å². The first-order valence-corrected chi connectivity index (χ1v) is 10.7. The van der Waals surface area contributed by atoms with Crippen LogP contribution in [0.5, 0.6) is 5.75 Å². The van der Waals surface area contributed by atoms with Gasteiger partial charge >= 0.3 is 0 Å². The Balaban J connectivity index is 1.54. The molecule has 2 heterocycles. The minimum atomic E-state index is -0.129. The second-order valence-electron chi connectivity index (χ2n) is 7.26. The lowest BCUT2D eigenvalue weighted by molar-refractivity contribution is -0.120. The van der Waals surface area contributed by atoms with E-state index in [9.17, 15) is 4.79 Å². The number of thiazole rings is 1. The van der Waals surface area contributed by atoms with Crippen molar-refractivity contribution in [2.24, 2.45) is 0 Å². The van der Waals surface area contributed by atoms with E-state index in [0.29, 0.717) is 24.0 Å². The Bertz CT molecular complexity index is 1130. The molecular formula is C23H24N4O2S.